The third kappa shape index (κ3) is 5.65. The molecule has 1 unspecified atom stereocenters. The largest absolute Gasteiger partial charge is 0.385 e. The number of rotatable bonds is 8. The van der Waals surface area contributed by atoms with E-state index >= 15 is 0 Å². The van der Waals surface area contributed by atoms with E-state index in [1.165, 1.54) is 0 Å². The van der Waals surface area contributed by atoms with E-state index < -0.39 is 0 Å². The highest BCUT2D eigenvalue weighted by molar-refractivity contribution is 5.92. The van der Waals surface area contributed by atoms with Gasteiger partial charge in [0, 0.05) is 26.3 Å². The number of hydrogen-bond acceptors (Lipinski definition) is 5. The Hall–Kier alpha value is -1.69. The Morgan fingerprint density at radius 1 is 1.42 bits per heavy atom. The molecule has 19 heavy (non-hydrogen) atoms. The fourth-order valence-corrected chi connectivity index (χ4v) is 1.39. The molecule has 0 fully saturated rings. The van der Waals surface area contributed by atoms with Crippen LogP contribution in [0.25, 0.3) is 0 Å². The van der Waals surface area contributed by atoms with Crippen molar-refractivity contribution in [2.45, 2.75) is 32.7 Å². The SMILES string of the molecule is CCC(C)Nc1ccc(C(=O)NCCCOC)nn1. The number of nitrogens with zero attached hydrogens (tertiary/aromatic N) is 2. The van der Waals surface area contributed by atoms with E-state index in [1.54, 1.807) is 19.2 Å². The van der Waals surface area contributed by atoms with Gasteiger partial charge in [0.25, 0.3) is 5.91 Å². The second-order valence-corrected chi connectivity index (χ2v) is 4.36. The molecule has 0 radical (unpaired) electrons. The number of carbonyl (C=O) groups is 1. The molecular formula is C13H22N4O2. The van der Waals surface area contributed by atoms with Crippen LogP contribution in [0.5, 0.6) is 0 Å². The first-order valence-corrected chi connectivity index (χ1v) is 6.54. The standard InChI is InChI=1S/C13H22N4O2/c1-4-10(2)15-12-7-6-11(16-17-12)13(18)14-8-5-9-19-3/h6-7,10H,4-5,8-9H2,1-3H3,(H,14,18)(H,15,17). The summed E-state index contributed by atoms with van der Waals surface area (Å²) in [4.78, 5) is 11.7. The van der Waals surface area contributed by atoms with Gasteiger partial charge in [-0.05, 0) is 31.9 Å². The molecule has 0 spiro atoms. The highest BCUT2D eigenvalue weighted by atomic mass is 16.5. The molecule has 0 saturated carbocycles. The molecule has 1 aromatic rings. The summed E-state index contributed by atoms with van der Waals surface area (Å²) in [6, 6.07) is 3.77. The molecular weight excluding hydrogens is 244 g/mol. The maximum absolute atomic E-state index is 11.7. The minimum Gasteiger partial charge on any atom is -0.385 e. The van der Waals surface area contributed by atoms with Gasteiger partial charge in [0.15, 0.2) is 5.69 Å². The van der Waals surface area contributed by atoms with Gasteiger partial charge in [-0.15, -0.1) is 10.2 Å². The van der Waals surface area contributed by atoms with Crippen molar-refractivity contribution in [2.24, 2.45) is 0 Å². The van der Waals surface area contributed by atoms with Gasteiger partial charge in [-0.25, -0.2) is 0 Å². The zero-order chi connectivity index (χ0) is 14.1. The lowest BCUT2D eigenvalue weighted by molar-refractivity contribution is 0.0942. The summed E-state index contributed by atoms with van der Waals surface area (Å²) in [6.07, 6.45) is 1.78. The van der Waals surface area contributed by atoms with Crippen molar-refractivity contribution in [1.82, 2.24) is 15.5 Å². The van der Waals surface area contributed by atoms with E-state index in [4.69, 9.17) is 4.74 Å². The zero-order valence-electron chi connectivity index (χ0n) is 11.8. The minimum absolute atomic E-state index is 0.210. The summed E-state index contributed by atoms with van der Waals surface area (Å²) in [5, 5.41) is 13.9. The van der Waals surface area contributed by atoms with Gasteiger partial charge in [0.05, 0.1) is 0 Å². The van der Waals surface area contributed by atoms with Crippen LogP contribution in [0.4, 0.5) is 5.82 Å². The van der Waals surface area contributed by atoms with Crippen LogP contribution in [0, 0.1) is 0 Å². The molecule has 0 bridgehead atoms. The Kier molecular flexibility index (Phi) is 6.81. The Labute approximate surface area is 113 Å². The number of amides is 1. The van der Waals surface area contributed by atoms with Crippen LogP contribution in [0.2, 0.25) is 0 Å². The van der Waals surface area contributed by atoms with Crippen LogP contribution in [0.15, 0.2) is 12.1 Å². The normalized spacial score (nSPS) is 11.9. The van der Waals surface area contributed by atoms with Gasteiger partial charge < -0.3 is 15.4 Å². The third-order valence-electron chi connectivity index (χ3n) is 2.71. The number of nitrogens with one attached hydrogen (secondary N) is 2. The molecule has 0 saturated heterocycles. The maximum Gasteiger partial charge on any atom is 0.271 e. The maximum atomic E-state index is 11.7. The van der Waals surface area contributed by atoms with Crippen molar-refractivity contribution in [3.05, 3.63) is 17.8 Å². The molecule has 1 heterocycles. The van der Waals surface area contributed by atoms with Gasteiger partial charge in [0.1, 0.15) is 5.82 Å². The Morgan fingerprint density at radius 3 is 2.79 bits per heavy atom. The first-order valence-electron chi connectivity index (χ1n) is 6.54. The number of hydrogen-bond donors (Lipinski definition) is 2. The highest BCUT2D eigenvalue weighted by Crippen LogP contribution is 2.05. The lowest BCUT2D eigenvalue weighted by Crippen LogP contribution is -2.26. The smallest absolute Gasteiger partial charge is 0.271 e. The molecule has 0 aliphatic heterocycles. The first kappa shape index (κ1) is 15.4. The fourth-order valence-electron chi connectivity index (χ4n) is 1.39. The van der Waals surface area contributed by atoms with E-state index in [0.717, 1.165) is 12.8 Å². The fraction of sp³-hybridized carbons (Fsp3) is 0.615. The van der Waals surface area contributed by atoms with Crippen molar-refractivity contribution in [1.29, 1.82) is 0 Å². The third-order valence-corrected chi connectivity index (χ3v) is 2.71. The molecule has 1 rings (SSSR count). The van der Waals surface area contributed by atoms with Crippen LogP contribution in [-0.4, -0.2) is 42.4 Å². The molecule has 2 N–H and O–H groups in total. The molecule has 6 heteroatoms. The van der Waals surface area contributed by atoms with Crippen molar-refractivity contribution in [3.8, 4) is 0 Å². The molecule has 106 valence electrons. The predicted molar refractivity (Wildman–Crippen MR) is 74.2 cm³/mol. The summed E-state index contributed by atoms with van der Waals surface area (Å²) in [5.41, 5.74) is 0.326. The summed E-state index contributed by atoms with van der Waals surface area (Å²) in [6.45, 7) is 5.36. The van der Waals surface area contributed by atoms with Crippen molar-refractivity contribution < 1.29 is 9.53 Å². The lowest BCUT2D eigenvalue weighted by Gasteiger charge is -2.11. The van der Waals surface area contributed by atoms with Gasteiger partial charge in [-0.2, -0.15) is 0 Å². The van der Waals surface area contributed by atoms with E-state index in [0.29, 0.717) is 30.7 Å². The highest BCUT2D eigenvalue weighted by Gasteiger charge is 2.08. The summed E-state index contributed by atoms with van der Waals surface area (Å²) in [7, 11) is 1.64. The molecule has 0 aliphatic rings. The average Bonchev–Trinajstić information content (AvgIpc) is 2.44. The molecule has 1 aromatic heterocycles. The second kappa shape index (κ2) is 8.42. The number of ether oxygens (including phenoxy) is 1. The van der Waals surface area contributed by atoms with Crippen molar-refractivity contribution >= 4 is 11.7 Å². The molecule has 6 nitrogen and oxygen atoms in total. The van der Waals surface area contributed by atoms with Crippen LogP contribution < -0.4 is 10.6 Å². The first-order chi connectivity index (χ1) is 9.17. The lowest BCUT2D eigenvalue weighted by atomic mass is 10.2. The molecule has 0 aliphatic carbocycles. The average molecular weight is 266 g/mol. The number of carbonyl (C=O) groups excluding carboxylic acids is 1. The van der Waals surface area contributed by atoms with Crippen LogP contribution >= 0.6 is 0 Å². The Bertz CT molecular complexity index is 381. The zero-order valence-corrected chi connectivity index (χ0v) is 11.8. The van der Waals surface area contributed by atoms with Gasteiger partial charge >= 0.3 is 0 Å². The van der Waals surface area contributed by atoms with Gasteiger partial charge in [-0.3, -0.25) is 4.79 Å². The number of methoxy groups -OCH3 is 1. The summed E-state index contributed by atoms with van der Waals surface area (Å²) >= 11 is 0. The molecule has 1 amide bonds. The summed E-state index contributed by atoms with van der Waals surface area (Å²) in [5.74, 6) is 0.476. The number of anilines is 1. The van der Waals surface area contributed by atoms with Crippen molar-refractivity contribution in [2.75, 3.05) is 25.6 Å². The second-order valence-electron chi connectivity index (χ2n) is 4.36. The Balaban J connectivity index is 2.44. The molecule has 0 aromatic carbocycles. The van der Waals surface area contributed by atoms with Gasteiger partial charge in [0.2, 0.25) is 0 Å². The van der Waals surface area contributed by atoms with Crippen LogP contribution in [-0.2, 0) is 4.74 Å². The minimum atomic E-state index is -0.210. The summed E-state index contributed by atoms with van der Waals surface area (Å²) < 4.78 is 4.91. The predicted octanol–water partition coefficient (Wildman–Crippen LogP) is 1.45. The van der Waals surface area contributed by atoms with E-state index in [1.807, 2.05) is 0 Å². The number of aromatic nitrogens is 2. The van der Waals surface area contributed by atoms with Crippen molar-refractivity contribution in [3.63, 3.8) is 0 Å². The topological polar surface area (TPSA) is 76.1 Å². The molecule has 1 atom stereocenters. The Morgan fingerprint density at radius 2 is 2.21 bits per heavy atom. The van der Waals surface area contributed by atoms with E-state index in [9.17, 15) is 4.79 Å². The van der Waals surface area contributed by atoms with Crippen LogP contribution in [0.3, 0.4) is 0 Å². The van der Waals surface area contributed by atoms with Gasteiger partial charge in [-0.1, -0.05) is 6.92 Å². The quantitative estimate of drug-likeness (QED) is 0.697. The van der Waals surface area contributed by atoms with E-state index in [-0.39, 0.29) is 5.91 Å². The van der Waals surface area contributed by atoms with E-state index in [2.05, 4.69) is 34.7 Å². The monoisotopic (exact) mass is 266 g/mol. The van der Waals surface area contributed by atoms with Crippen LogP contribution in [0.1, 0.15) is 37.2 Å².